The molecule has 0 spiro atoms. The van der Waals surface area contributed by atoms with Crippen LogP contribution in [0.2, 0.25) is 0 Å². The van der Waals surface area contributed by atoms with Crippen LogP contribution < -0.4 is 0 Å². The third kappa shape index (κ3) is 1.36. The molecule has 2 nitrogen and oxygen atoms in total. The van der Waals surface area contributed by atoms with Gasteiger partial charge in [-0.2, -0.15) is 0 Å². The van der Waals surface area contributed by atoms with Crippen molar-refractivity contribution in [1.29, 1.82) is 0 Å². The summed E-state index contributed by atoms with van der Waals surface area (Å²) in [6, 6.07) is 0. The average molecular weight is 178 g/mol. The molecule has 0 aromatic heterocycles. The number of allylic oxidation sites excluding steroid dienone is 2. The van der Waals surface area contributed by atoms with Crippen molar-refractivity contribution in [2.75, 3.05) is 0 Å². The van der Waals surface area contributed by atoms with Crippen molar-refractivity contribution in [2.24, 2.45) is 0 Å². The molecule has 0 N–H and O–H groups in total. The van der Waals surface area contributed by atoms with E-state index < -0.39 is 0 Å². The highest BCUT2D eigenvalue weighted by Crippen LogP contribution is 2.58. The highest BCUT2D eigenvalue weighted by Gasteiger charge is 2.70. The monoisotopic (exact) mass is 178 g/mol. The highest BCUT2D eigenvalue weighted by molar-refractivity contribution is 6.52. The first-order valence-electron chi connectivity index (χ1n) is 4.65. The molecule has 3 heteroatoms. The Hall–Kier alpha value is -0.535. The fraction of sp³-hybridized carbons (Fsp3) is 0.600. The van der Waals surface area contributed by atoms with Gasteiger partial charge in [0.1, 0.15) is 0 Å². The summed E-state index contributed by atoms with van der Waals surface area (Å²) >= 11 is 0. The Balaban J connectivity index is 1.98. The molecule has 1 saturated heterocycles. The molecule has 1 saturated carbocycles. The van der Waals surface area contributed by atoms with Crippen LogP contribution in [-0.2, 0) is 9.31 Å². The van der Waals surface area contributed by atoms with E-state index >= 15 is 0 Å². The Kier molecular flexibility index (Phi) is 1.73. The maximum atomic E-state index is 5.73. The fourth-order valence-corrected chi connectivity index (χ4v) is 1.79. The van der Waals surface area contributed by atoms with Crippen molar-refractivity contribution in [3.05, 3.63) is 24.2 Å². The average Bonchev–Trinajstić information content (AvgIpc) is 2.39. The Morgan fingerprint density at radius 3 is 2.38 bits per heavy atom. The second-order valence-corrected chi connectivity index (χ2v) is 4.45. The first-order valence-corrected chi connectivity index (χ1v) is 4.65. The van der Waals surface area contributed by atoms with Gasteiger partial charge in [0.05, 0.1) is 11.2 Å². The Labute approximate surface area is 79.8 Å². The lowest BCUT2D eigenvalue weighted by molar-refractivity contribution is 0.187. The molecule has 0 aromatic carbocycles. The Bertz CT molecular complexity index is 271. The molecule has 1 aliphatic carbocycles. The standard InChI is InChI=1S/C10H15BO2/c1-8(2)5-6-11-12-9(3)7-10(9,4)13-11/h5-6H,1,7H2,2-4H3/b6-5+. The third-order valence-corrected chi connectivity index (χ3v) is 2.96. The topological polar surface area (TPSA) is 18.5 Å². The predicted molar refractivity (Wildman–Crippen MR) is 53.3 cm³/mol. The molecule has 0 aromatic rings. The van der Waals surface area contributed by atoms with Crippen LogP contribution >= 0.6 is 0 Å². The molecular weight excluding hydrogens is 163 g/mol. The first-order chi connectivity index (χ1) is 5.95. The van der Waals surface area contributed by atoms with Gasteiger partial charge < -0.3 is 9.31 Å². The molecule has 2 unspecified atom stereocenters. The van der Waals surface area contributed by atoms with Gasteiger partial charge in [-0.05, 0) is 20.8 Å². The van der Waals surface area contributed by atoms with Crippen LogP contribution in [0, 0.1) is 0 Å². The fourth-order valence-electron chi connectivity index (χ4n) is 1.79. The summed E-state index contributed by atoms with van der Waals surface area (Å²) in [5.41, 5.74) is 0.928. The molecule has 0 amide bonds. The SMILES string of the molecule is C=C(C)/C=C/B1OC2(C)CC2(C)O1. The Morgan fingerprint density at radius 1 is 1.38 bits per heavy atom. The van der Waals surface area contributed by atoms with Crippen LogP contribution in [0.5, 0.6) is 0 Å². The minimum absolute atomic E-state index is 0.0446. The molecule has 13 heavy (non-hydrogen) atoms. The molecule has 1 aliphatic heterocycles. The summed E-state index contributed by atoms with van der Waals surface area (Å²) in [6.07, 6.45) is 2.94. The van der Waals surface area contributed by atoms with E-state index in [-0.39, 0.29) is 18.3 Å². The smallest absolute Gasteiger partial charge is 0.399 e. The zero-order chi connectivity index (χ0) is 9.69. The van der Waals surface area contributed by atoms with Crippen LogP contribution in [0.25, 0.3) is 0 Å². The lowest BCUT2D eigenvalue weighted by Crippen LogP contribution is -2.18. The van der Waals surface area contributed by atoms with E-state index in [9.17, 15) is 0 Å². The van der Waals surface area contributed by atoms with Crippen LogP contribution in [0.4, 0.5) is 0 Å². The summed E-state index contributed by atoms with van der Waals surface area (Å²) < 4.78 is 11.5. The van der Waals surface area contributed by atoms with E-state index in [0.29, 0.717) is 0 Å². The van der Waals surface area contributed by atoms with Crippen molar-refractivity contribution in [3.8, 4) is 0 Å². The normalized spacial score (nSPS) is 42.5. The second kappa shape index (κ2) is 2.49. The number of hydrogen-bond acceptors (Lipinski definition) is 2. The van der Waals surface area contributed by atoms with E-state index in [1.165, 1.54) is 0 Å². The Morgan fingerprint density at radius 2 is 1.92 bits per heavy atom. The molecule has 70 valence electrons. The minimum Gasteiger partial charge on any atom is -0.399 e. The predicted octanol–water partition coefficient (Wildman–Crippen LogP) is 2.11. The van der Waals surface area contributed by atoms with Crippen molar-refractivity contribution in [2.45, 2.75) is 38.4 Å². The van der Waals surface area contributed by atoms with Crippen molar-refractivity contribution in [3.63, 3.8) is 0 Å². The van der Waals surface area contributed by atoms with Crippen molar-refractivity contribution >= 4 is 7.12 Å². The molecule has 0 bridgehead atoms. The highest BCUT2D eigenvalue weighted by atomic mass is 16.7. The lowest BCUT2D eigenvalue weighted by Gasteiger charge is -2.05. The van der Waals surface area contributed by atoms with Crippen LogP contribution in [0.1, 0.15) is 27.2 Å². The zero-order valence-corrected chi connectivity index (χ0v) is 8.46. The summed E-state index contributed by atoms with van der Waals surface area (Å²) in [5.74, 6) is 1.92. The molecule has 0 radical (unpaired) electrons. The summed E-state index contributed by atoms with van der Waals surface area (Å²) in [6.45, 7) is 9.93. The first kappa shape index (κ1) is 9.04. The summed E-state index contributed by atoms with van der Waals surface area (Å²) in [4.78, 5) is 0. The maximum Gasteiger partial charge on any atom is 0.487 e. The molecule has 2 aliphatic rings. The molecule has 2 rings (SSSR count). The number of rotatable bonds is 2. The molecule has 1 heterocycles. The lowest BCUT2D eigenvalue weighted by atomic mass is 9.89. The van der Waals surface area contributed by atoms with Gasteiger partial charge in [-0.3, -0.25) is 0 Å². The van der Waals surface area contributed by atoms with Crippen molar-refractivity contribution in [1.82, 2.24) is 0 Å². The van der Waals surface area contributed by atoms with Gasteiger partial charge >= 0.3 is 7.12 Å². The van der Waals surface area contributed by atoms with Crippen LogP contribution in [0.3, 0.4) is 0 Å². The van der Waals surface area contributed by atoms with E-state index in [0.717, 1.165) is 12.0 Å². The second-order valence-electron chi connectivity index (χ2n) is 4.45. The van der Waals surface area contributed by atoms with Gasteiger partial charge in [0.2, 0.25) is 0 Å². The van der Waals surface area contributed by atoms with E-state index in [2.05, 4.69) is 20.4 Å². The van der Waals surface area contributed by atoms with Gasteiger partial charge in [-0.25, -0.2) is 0 Å². The summed E-state index contributed by atoms with van der Waals surface area (Å²) in [5, 5.41) is 0. The molecular formula is C10H15BO2. The summed E-state index contributed by atoms with van der Waals surface area (Å²) in [7, 11) is -0.180. The maximum absolute atomic E-state index is 5.73. The van der Waals surface area contributed by atoms with Crippen LogP contribution in [0.15, 0.2) is 24.2 Å². The number of hydrogen-bond donors (Lipinski definition) is 0. The molecule has 2 fully saturated rings. The van der Waals surface area contributed by atoms with Gasteiger partial charge in [0.15, 0.2) is 0 Å². The van der Waals surface area contributed by atoms with E-state index in [1.54, 1.807) is 0 Å². The van der Waals surface area contributed by atoms with Gasteiger partial charge in [-0.1, -0.05) is 24.2 Å². The van der Waals surface area contributed by atoms with Gasteiger partial charge in [-0.15, -0.1) is 0 Å². The van der Waals surface area contributed by atoms with Gasteiger partial charge in [0.25, 0.3) is 0 Å². The zero-order valence-electron chi connectivity index (χ0n) is 8.46. The van der Waals surface area contributed by atoms with E-state index in [1.807, 2.05) is 19.0 Å². The van der Waals surface area contributed by atoms with Gasteiger partial charge in [0, 0.05) is 6.42 Å². The largest absolute Gasteiger partial charge is 0.487 e. The third-order valence-electron chi connectivity index (χ3n) is 2.96. The van der Waals surface area contributed by atoms with E-state index in [4.69, 9.17) is 9.31 Å². The van der Waals surface area contributed by atoms with Crippen molar-refractivity contribution < 1.29 is 9.31 Å². The number of fused-ring (bicyclic) bond motifs is 1. The molecule has 2 atom stereocenters. The van der Waals surface area contributed by atoms with Crippen LogP contribution in [-0.4, -0.2) is 18.3 Å². The quantitative estimate of drug-likeness (QED) is 0.476. The minimum atomic E-state index is -0.180.